The van der Waals surface area contributed by atoms with Crippen molar-refractivity contribution in [3.63, 3.8) is 0 Å². The van der Waals surface area contributed by atoms with Gasteiger partial charge in [0.1, 0.15) is 22.9 Å². The summed E-state index contributed by atoms with van der Waals surface area (Å²) >= 11 is 0. The highest BCUT2D eigenvalue weighted by atomic mass is 16.5. The van der Waals surface area contributed by atoms with E-state index in [0.717, 1.165) is 5.56 Å². The van der Waals surface area contributed by atoms with Crippen LogP contribution in [0.5, 0.6) is 17.2 Å². The van der Waals surface area contributed by atoms with E-state index in [9.17, 15) is 14.4 Å². The number of hydrogen-bond donors (Lipinski definition) is 2. The summed E-state index contributed by atoms with van der Waals surface area (Å²) in [5, 5.41) is 5.50. The van der Waals surface area contributed by atoms with Crippen LogP contribution in [0.3, 0.4) is 0 Å². The summed E-state index contributed by atoms with van der Waals surface area (Å²) in [7, 11) is 3.05. The smallest absolute Gasteiger partial charge is 0.272 e. The number of anilines is 1. The van der Waals surface area contributed by atoms with Crippen LogP contribution in [0, 0.1) is 0 Å². The molecule has 2 amide bonds. The van der Waals surface area contributed by atoms with Gasteiger partial charge in [-0.1, -0.05) is 36.4 Å². The molecule has 4 rings (SSSR count). The van der Waals surface area contributed by atoms with E-state index >= 15 is 0 Å². The largest absolute Gasteiger partial charge is 0.497 e. The van der Waals surface area contributed by atoms with Crippen LogP contribution in [0.1, 0.15) is 38.8 Å². The van der Waals surface area contributed by atoms with Crippen molar-refractivity contribution in [2.24, 2.45) is 0 Å². The van der Waals surface area contributed by atoms with Crippen LogP contribution in [-0.2, 0) is 4.79 Å². The van der Waals surface area contributed by atoms with E-state index in [1.54, 1.807) is 86.0 Å². The summed E-state index contributed by atoms with van der Waals surface area (Å²) in [5.41, 5.74) is 2.62. The molecule has 0 atom stereocenters. The highest BCUT2D eigenvalue weighted by Crippen LogP contribution is 2.27. The zero-order valence-electron chi connectivity index (χ0n) is 24.1. The zero-order valence-corrected chi connectivity index (χ0v) is 24.1. The Morgan fingerprint density at radius 1 is 0.744 bits per heavy atom. The fourth-order valence-corrected chi connectivity index (χ4v) is 4.12. The Hall–Kier alpha value is -5.63. The molecule has 0 aromatic heterocycles. The average molecular weight is 577 g/mol. The van der Waals surface area contributed by atoms with E-state index in [1.165, 1.54) is 19.3 Å². The number of rotatable bonds is 12. The first-order valence-corrected chi connectivity index (χ1v) is 13.6. The summed E-state index contributed by atoms with van der Waals surface area (Å²) in [6.07, 6.45) is 4.72. The van der Waals surface area contributed by atoms with Crippen molar-refractivity contribution < 1.29 is 28.6 Å². The summed E-state index contributed by atoms with van der Waals surface area (Å²) in [4.78, 5) is 39.2. The highest BCUT2D eigenvalue weighted by molar-refractivity contribution is 6.11. The maximum atomic E-state index is 13.4. The maximum Gasteiger partial charge on any atom is 0.272 e. The van der Waals surface area contributed by atoms with Crippen LogP contribution in [-0.4, -0.2) is 38.4 Å². The molecule has 0 unspecified atom stereocenters. The van der Waals surface area contributed by atoms with Gasteiger partial charge in [0.15, 0.2) is 5.78 Å². The SMILES string of the molecule is CCOc1ccccc1/C=C/C(=O)c1ccc(NC(=O)/C(=C/c2ccc(OC)cc2OC)NC(=O)c2ccccc2)cc1. The molecule has 0 saturated heterocycles. The number of carbonyl (C=O) groups is 3. The Morgan fingerprint density at radius 2 is 1.47 bits per heavy atom. The third-order valence-corrected chi connectivity index (χ3v) is 6.33. The highest BCUT2D eigenvalue weighted by Gasteiger charge is 2.17. The van der Waals surface area contributed by atoms with Gasteiger partial charge in [0, 0.05) is 34.0 Å². The van der Waals surface area contributed by atoms with Crippen molar-refractivity contribution in [1.82, 2.24) is 5.32 Å². The molecule has 0 radical (unpaired) electrons. The molecule has 0 saturated carbocycles. The second-order valence-electron chi connectivity index (χ2n) is 9.19. The van der Waals surface area contributed by atoms with Crippen molar-refractivity contribution in [3.8, 4) is 17.2 Å². The minimum atomic E-state index is -0.561. The molecule has 0 aliphatic carbocycles. The quantitative estimate of drug-likeness (QED) is 0.149. The lowest BCUT2D eigenvalue weighted by Crippen LogP contribution is -2.30. The van der Waals surface area contributed by atoms with Crippen LogP contribution in [0.2, 0.25) is 0 Å². The van der Waals surface area contributed by atoms with E-state index in [4.69, 9.17) is 14.2 Å². The number of methoxy groups -OCH3 is 2. The van der Waals surface area contributed by atoms with Crippen molar-refractivity contribution in [3.05, 3.63) is 131 Å². The lowest BCUT2D eigenvalue weighted by molar-refractivity contribution is -0.113. The number of ether oxygens (including phenoxy) is 3. The van der Waals surface area contributed by atoms with E-state index in [-0.39, 0.29) is 11.5 Å². The van der Waals surface area contributed by atoms with E-state index in [0.29, 0.717) is 46.2 Å². The number of benzene rings is 4. The molecule has 0 spiro atoms. The predicted molar refractivity (Wildman–Crippen MR) is 167 cm³/mol. The Balaban J connectivity index is 1.54. The molecular weight excluding hydrogens is 544 g/mol. The summed E-state index contributed by atoms with van der Waals surface area (Å²) in [6, 6.07) is 27.7. The van der Waals surface area contributed by atoms with Gasteiger partial charge in [0.25, 0.3) is 11.8 Å². The van der Waals surface area contributed by atoms with Crippen LogP contribution >= 0.6 is 0 Å². The predicted octanol–water partition coefficient (Wildman–Crippen LogP) is 6.41. The fourth-order valence-electron chi connectivity index (χ4n) is 4.12. The zero-order chi connectivity index (χ0) is 30.6. The first kappa shape index (κ1) is 30.3. The van der Waals surface area contributed by atoms with Gasteiger partial charge in [0.2, 0.25) is 0 Å². The topological polar surface area (TPSA) is 103 Å². The van der Waals surface area contributed by atoms with Crippen LogP contribution in [0.4, 0.5) is 5.69 Å². The number of allylic oxidation sites excluding steroid dienone is 1. The molecule has 0 bridgehead atoms. The van der Waals surface area contributed by atoms with Gasteiger partial charge in [-0.3, -0.25) is 14.4 Å². The number of hydrogen-bond acceptors (Lipinski definition) is 6. The number of nitrogens with one attached hydrogen (secondary N) is 2. The molecular formula is C35H32N2O6. The number of amides is 2. The van der Waals surface area contributed by atoms with Crippen LogP contribution in [0.25, 0.3) is 12.2 Å². The molecule has 0 fully saturated rings. The third kappa shape index (κ3) is 8.20. The van der Waals surface area contributed by atoms with Gasteiger partial charge in [-0.05, 0) is 79.7 Å². The molecule has 2 N–H and O–H groups in total. The van der Waals surface area contributed by atoms with E-state index < -0.39 is 11.8 Å². The van der Waals surface area contributed by atoms with Gasteiger partial charge < -0.3 is 24.8 Å². The summed E-state index contributed by atoms with van der Waals surface area (Å²) in [5.74, 6) is 0.519. The van der Waals surface area contributed by atoms with Gasteiger partial charge in [0.05, 0.1) is 20.8 Å². The van der Waals surface area contributed by atoms with Gasteiger partial charge in [-0.15, -0.1) is 0 Å². The Labute approximate surface area is 250 Å². The number of ketones is 1. The first-order valence-electron chi connectivity index (χ1n) is 13.6. The van der Waals surface area contributed by atoms with Crippen molar-refractivity contribution >= 4 is 35.4 Å². The lowest BCUT2D eigenvalue weighted by atomic mass is 10.1. The first-order chi connectivity index (χ1) is 20.9. The molecule has 218 valence electrons. The summed E-state index contributed by atoms with van der Waals surface area (Å²) in [6.45, 7) is 2.42. The molecule has 8 heteroatoms. The van der Waals surface area contributed by atoms with Gasteiger partial charge >= 0.3 is 0 Å². The average Bonchev–Trinajstić information content (AvgIpc) is 3.04. The van der Waals surface area contributed by atoms with Crippen LogP contribution < -0.4 is 24.8 Å². The minimum Gasteiger partial charge on any atom is -0.497 e. The molecule has 0 heterocycles. The van der Waals surface area contributed by atoms with Crippen molar-refractivity contribution in [2.45, 2.75) is 6.92 Å². The number of carbonyl (C=O) groups excluding carboxylic acids is 3. The number of para-hydroxylation sites is 1. The second-order valence-corrected chi connectivity index (χ2v) is 9.19. The van der Waals surface area contributed by atoms with Crippen LogP contribution in [0.15, 0.2) is 109 Å². The Bertz CT molecular complexity index is 1640. The van der Waals surface area contributed by atoms with E-state index in [1.807, 2.05) is 31.2 Å². The monoisotopic (exact) mass is 576 g/mol. The fraction of sp³-hybridized carbons (Fsp3) is 0.114. The molecule has 8 nitrogen and oxygen atoms in total. The molecule has 4 aromatic rings. The minimum absolute atomic E-state index is 0.00614. The van der Waals surface area contributed by atoms with Crippen molar-refractivity contribution in [1.29, 1.82) is 0 Å². The third-order valence-electron chi connectivity index (χ3n) is 6.33. The maximum absolute atomic E-state index is 13.4. The van der Waals surface area contributed by atoms with Gasteiger partial charge in [-0.2, -0.15) is 0 Å². The molecule has 0 aliphatic rings. The molecule has 4 aromatic carbocycles. The summed E-state index contributed by atoms with van der Waals surface area (Å²) < 4.78 is 16.3. The van der Waals surface area contributed by atoms with Crippen molar-refractivity contribution in [2.75, 3.05) is 26.1 Å². The standard InChI is InChI=1S/C35H32N2O6/c1-4-43-32-13-9-8-10-25(32)17-21-31(38)24-14-18-28(19-15-24)36-35(40)30(37-34(39)26-11-6-5-7-12-26)22-27-16-20-29(41-2)23-33(27)42-3/h5-23H,4H2,1-3H3,(H,36,40)(H,37,39)/b21-17+,30-22-. The Morgan fingerprint density at radius 3 is 2.16 bits per heavy atom. The van der Waals surface area contributed by atoms with Gasteiger partial charge in [-0.25, -0.2) is 0 Å². The molecule has 43 heavy (non-hydrogen) atoms. The van der Waals surface area contributed by atoms with E-state index in [2.05, 4.69) is 10.6 Å². The normalized spacial score (nSPS) is 11.1. The second kappa shape index (κ2) is 14.8. The molecule has 0 aliphatic heterocycles. The Kier molecular flexibility index (Phi) is 10.5. The lowest BCUT2D eigenvalue weighted by Gasteiger charge is -2.13.